The van der Waals surface area contributed by atoms with Crippen LogP contribution in [-0.2, 0) is 0 Å². The fourth-order valence-corrected chi connectivity index (χ4v) is 2.06. The van der Waals surface area contributed by atoms with Gasteiger partial charge in [-0.15, -0.1) is 0 Å². The van der Waals surface area contributed by atoms with Gasteiger partial charge < -0.3 is 10.6 Å². The first kappa shape index (κ1) is 17.6. The summed E-state index contributed by atoms with van der Waals surface area (Å²) < 4.78 is 0. The maximum atomic E-state index is 12.1. The summed E-state index contributed by atoms with van der Waals surface area (Å²) in [4.78, 5) is 31.9. The third kappa shape index (κ3) is 5.15. The number of anilines is 2. The van der Waals surface area contributed by atoms with Crippen molar-refractivity contribution in [2.75, 3.05) is 11.9 Å². The van der Waals surface area contributed by atoms with Gasteiger partial charge in [-0.05, 0) is 37.5 Å². The number of rotatable bonds is 7. The second-order valence-corrected chi connectivity index (χ2v) is 5.97. The number of aromatic nitrogens is 2. The van der Waals surface area contributed by atoms with Gasteiger partial charge in [0.2, 0.25) is 5.95 Å². The first-order valence-electron chi connectivity index (χ1n) is 7.95. The van der Waals surface area contributed by atoms with Gasteiger partial charge in [0, 0.05) is 24.0 Å². The van der Waals surface area contributed by atoms with E-state index in [9.17, 15) is 9.59 Å². The molecule has 1 aromatic carbocycles. The molecule has 0 spiro atoms. The SMILES string of the molecule is CC(=O)c1cccc(Nc2nccc(C(=O)NCCC(C)C)n2)c1. The molecular formula is C18H22N4O2. The smallest absolute Gasteiger partial charge is 0.270 e. The molecule has 1 amide bonds. The van der Waals surface area contributed by atoms with Crippen LogP contribution in [0.15, 0.2) is 36.5 Å². The number of carbonyl (C=O) groups excluding carboxylic acids is 2. The van der Waals surface area contributed by atoms with E-state index in [1.54, 1.807) is 24.3 Å². The van der Waals surface area contributed by atoms with Crippen LogP contribution in [0.5, 0.6) is 0 Å². The number of amides is 1. The molecule has 1 aromatic heterocycles. The van der Waals surface area contributed by atoms with Gasteiger partial charge in [0.1, 0.15) is 5.69 Å². The van der Waals surface area contributed by atoms with Gasteiger partial charge >= 0.3 is 0 Å². The summed E-state index contributed by atoms with van der Waals surface area (Å²) >= 11 is 0. The number of hydrogen-bond donors (Lipinski definition) is 2. The molecule has 0 fully saturated rings. The number of hydrogen-bond acceptors (Lipinski definition) is 5. The monoisotopic (exact) mass is 326 g/mol. The highest BCUT2D eigenvalue weighted by Gasteiger charge is 2.09. The standard InChI is InChI=1S/C18H22N4O2/c1-12(2)7-9-19-17(24)16-8-10-20-18(22-16)21-15-6-4-5-14(11-15)13(3)23/h4-6,8,10-12H,7,9H2,1-3H3,(H,19,24)(H,20,21,22). The average Bonchev–Trinajstić information content (AvgIpc) is 2.55. The highest BCUT2D eigenvalue weighted by atomic mass is 16.1. The zero-order valence-corrected chi connectivity index (χ0v) is 14.2. The van der Waals surface area contributed by atoms with Crippen molar-refractivity contribution >= 4 is 23.3 Å². The van der Waals surface area contributed by atoms with Crippen molar-refractivity contribution in [3.05, 3.63) is 47.8 Å². The summed E-state index contributed by atoms with van der Waals surface area (Å²) in [6.45, 7) is 6.34. The highest BCUT2D eigenvalue weighted by Crippen LogP contribution is 2.15. The topological polar surface area (TPSA) is 84.0 Å². The first-order chi connectivity index (χ1) is 11.5. The number of ketones is 1. The maximum absolute atomic E-state index is 12.1. The molecule has 0 bridgehead atoms. The maximum Gasteiger partial charge on any atom is 0.270 e. The average molecular weight is 326 g/mol. The first-order valence-corrected chi connectivity index (χ1v) is 7.95. The van der Waals surface area contributed by atoms with Gasteiger partial charge in [-0.25, -0.2) is 9.97 Å². The molecule has 0 saturated heterocycles. The molecule has 0 aliphatic rings. The van der Waals surface area contributed by atoms with Gasteiger partial charge in [-0.3, -0.25) is 9.59 Å². The fraction of sp³-hybridized carbons (Fsp3) is 0.333. The summed E-state index contributed by atoms with van der Waals surface area (Å²) in [5.74, 6) is 0.602. The Hall–Kier alpha value is -2.76. The van der Waals surface area contributed by atoms with E-state index in [2.05, 4.69) is 34.4 Å². The molecule has 0 aliphatic carbocycles. The van der Waals surface area contributed by atoms with Crippen LogP contribution in [-0.4, -0.2) is 28.2 Å². The second kappa shape index (κ2) is 8.19. The Balaban J connectivity index is 2.06. The molecule has 2 rings (SSSR count). The lowest BCUT2D eigenvalue weighted by Crippen LogP contribution is -2.26. The molecular weight excluding hydrogens is 304 g/mol. The molecule has 2 N–H and O–H groups in total. The van der Waals surface area contributed by atoms with E-state index < -0.39 is 0 Å². The van der Waals surface area contributed by atoms with Crippen molar-refractivity contribution in [2.24, 2.45) is 5.92 Å². The van der Waals surface area contributed by atoms with E-state index in [1.807, 2.05) is 6.07 Å². The molecule has 126 valence electrons. The molecule has 6 nitrogen and oxygen atoms in total. The van der Waals surface area contributed by atoms with Crippen LogP contribution in [0.1, 0.15) is 48.0 Å². The van der Waals surface area contributed by atoms with E-state index in [0.29, 0.717) is 35.4 Å². The number of nitrogens with one attached hydrogen (secondary N) is 2. The van der Waals surface area contributed by atoms with Crippen molar-refractivity contribution in [3.8, 4) is 0 Å². The number of carbonyl (C=O) groups is 2. The molecule has 0 aliphatic heterocycles. The second-order valence-electron chi connectivity index (χ2n) is 5.97. The van der Waals surface area contributed by atoms with Crippen molar-refractivity contribution < 1.29 is 9.59 Å². The largest absolute Gasteiger partial charge is 0.351 e. The van der Waals surface area contributed by atoms with Crippen LogP contribution < -0.4 is 10.6 Å². The highest BCUT2D eigenvalue weighted by molar-refractivity contribution is 5.95. The van der Waals surface area contributed by atoms with Crippen LogP contribution >= 0.6 is 0 Å². The normalized spacial score (nSPS) is 10.5. The van der Waals surface area contributed by atoms with Gasteiger partial charge in [0.25, 0.3) is 5.91 Å². The zero-order valence-electron chi connectivity index (χ0n) is 14.2. The molecule has 1 heterocycles. The van der Waals surface area contributed by atoms with Crippen molar-refractivity contribution in [1.29, 1.82) is 0 Å². The van der Waals surface area contributed by atoms with Crippen LogP contribution in [0, 0.1) is 5.92 Å². The van der Waals surface area contributed by atoms with Crippen LogP contribution in [0.4, 0.5) is 11.6 Å². The van der Waals surface area contributed by atoms with E-state index in [4.69, 9.17) is 0 Å². The van der Waals surface area contributed by atoms with Crippen molar-refractivity contribution in [1.82, 2.24) is 15.3 Å². The third-order valence-corrected chi connectivity index (χ3v) is 3.42. The molecule has 0 unspecified atom stereocenters. The minimum absolute atomic E-state index is 0.0159. The lowest BCUT2D eigenvalue weighted by molar-refractivity contribution is 0.0946. The van der Waals surface area contributed by atoms with Crippen LogP contribution in [0.2, 0.25) is 0 Å². The summed E-state index contributed by atoms with van der Waals surface area (Å²) in [5, 5.41) is 5.86. The Bertz CT molecular complexity index is 728. The van der Waals surface area contributed by atoms with E-state index >= 15 is 0 Å². The molecule has 24 heavy (non-hydrogen) atoms. The van der Waals surface area contributed by atoms with Gasteiger partial charge in [0.05, 0.1) is 0 Å². The van der Waals surface area contributed by atoms with E-state index in [0.717, 1.165) is 6.42 Å². The Morgan fingerprint density at radius 2 is 2.00 bits per heavy atom. The zero-order chi connectivity index (χ0) is 17.5. The Kier molecular flexibility index (Phi) is 6.01. The van der Waals surface area contributed by atoms with Crippen molar-refractivity contribution in [3.63, 3.8) is 0 Å². The molecule has 6 heteroatoms. The number of nitrogens with zero attached hydrogens (tertiary/aromatic N) is 2. The van der Waals surface area contributed by atoms with Gasteiger partial charge in [0.15, 0.2) is 5.78 Å². The van der Waals surface area contributed by atoms with Crippen LogP contribution in [0.25, 0.3) is 0 Å². The van der Waals surface area contributed by atoms with E-state index in [-0.39, 0.29) is 11.7 Å². The molecule has 2 aromatic rings. The quantitative estimate of drug-likeness (QED) is 0.763. The Morgan fingerprint density at radius 1 is 1.21 bits per heavy atom. The minimum Gasteiger partial charge on any atom is -0.351 e. The summed E-state index contributed by atoms with van der Waals surface area (Å²) in [7, 11) is 0. The summed E-state index contributed by atoms with van der Waals surface area (Å²) in [5.41, 5.74) is 1.60. The van der Waals surface area contributed by atoms with Gasteiger partial charge in [-0.2, -0.15) is 0 Å². The third-order valence-electron chi connectivity index (χ3n) is 3.42. The number of benzene rings is 1. The van der Waals surface area contributed by atoms with Crippen LogP contribution in [0.3, 0.4) is 0 Å². The fourth-order valence-electron chi connectivity index (χ4n) is 2.06. The Labute approximate surface area is 141 Å². The predicted octanol–water partition coefficient (Wildman–Crippen LogP) is 3.20. The van der Waals surface area contributed by atoms with Crippen molar-refractivity contribution in [2.45, 2.75) is 27.2 Å². The molecule has 0 atom stereocenters. The summed E-state index contributed by atoms with van der Waals surface area (Å²) in [6, 6.07) is 8.63. The van der Waals surface area contributed by atoms with Gasteiger partial charge in [-0.1, -0.05) is 26.0 Å². The predicted molar refractivity (Wildman–Crippen MR) is 93.5 cm³/mol. The summed E-state index contributed by atoms with van der Waals surface area (Å²) in [6.07, 6.45) is 2.45. The molecule has 0 radical (unpaired) electrons. The number of Topliss-reactive ketones (excluding diaryl/α,β-unsaturated/α-hetero) is 1. The minimum atomic E-state index is -0.224. The molecule has 0 saturated carbocycles. The van der Waals surface area contributed by atoms with E-state index in [1.165, 1.54) is 13.1 Å². The lowest BCUT2D eigenvalue weighted by Gasteiger charge is -2.09. The Morgan fingerprint density at radius 3 is 2.71 bits per heavy atom. The lowest BCUT2D eigenvalue weighted by atomic mass is 10.1.